The molecule has 0 fully saturated rings. The Hall–Kier alpha value is -3.31. The highest BCUT2D eigenvalue weighted by atomic mass is 32.2. The fourth-order valence-corrected chi connectivity index (χ4v) is 5.17. The monoisotopic (exact) mass is 447 g/mol. The van der Waals surface area contributed by atoms with Crippen LogP contribution in [0, 0.1) is 0 Å². The first-order valence-corrected chi connectivity index (χ1v) is 12.0. The van der Waals surface area contributed by atoms with E-state index in [1.165, 1.54) is 31.4 Å². The van der Waals surface area contributed by atoms with Crippen LogP contribution in [-0.4, -0.2) is 36.1 Å². The molecule has 11 heteroatoms. The Morgan fingerprint density at radius 3 is 2.43 bits per heavy atom. The van der Waals surface area contributed by atoms with Gasteiger partial charge in [-0.3, -0.25) is 14.2 Å². The zero-order chi connectivity index (χ0) is 21.7. The van der Waals surface area contributed by atoms with Crippen LogP contribution in [-0.2, 0) is 20.0 Å². The van der Waals surface area contributed by atoms with E-state index in [1.54, 1.807) is 24.3 Å². The van der Waals surface area contributed by atoms with Gasteiger partial charge in [-0.1, -0.05) is 12.1 Å². The summed E-state index contributed by atoms with van der Waals surface area (Å²) in [6.45, 7) is 0. The minimum Gasteiger partial charge on any atom is -0.494 e. The lowest BCUT2D eigenvalue weighted by atomic mass is 10.1. The average Bonchev–Trinajstić information content (AvgIpc) is 2.99. The Morgan fingerprint density at radius 1 is 0.967 bits per heavy atom. The van der Waals surface area contributed by atoms with Crippen LogP contribution in [0.3, 0.4) is 0 Å². The van der Waals surface area contributed by atoms with Gasteiger partial charge in [-0.25, -0.2) is 16.8 Å². The summed E-state index contributed by atoms with van der Waals surface area (Å²) in [7, 11) is -6.21. The number of carbonyl (C=O) groups is 1. The van der Waals surface area contributed by atoms with E-state index in [1.807, 2.05) is 0 Å². The van der Waals surface area contributed by atoms with Gasteiger partial charge in [0.15, 0.2) is 0 Å². The van der Waals surface area contributed by atoms with Crippen molar-refractivity contribution in [3.8, 4) is 5.75 Å². The first-order valence-electron chi connectivity index (χ1n) is 8.65. The number of carbonyl (C=O) groups excluding carboxylic acids is 1. The third kappa shape index (κ3) is 3.53. The fraction of sp³-hybridized carbons (Fsp3) is 0.105. The molecule has 0 saturated carbocycles. The zero-order valence-electron chi connectivity index (χ0n) is 15.9. The molecule has 3 aromatic rings. The van der Waals surface area contributed by atoms with Crippen molar-refractivity contribution in [3.05, 3.63) is 54.1 Å². The van der Waals surface area contributed by atoms with Crippen LogP contribution in [0.5, 0.6) is 5.75 Å². The van der Waals surface area contributed by atoms with Gasteiger partial charge in [0.05, 0.1) is 29.6 Å². The molecule has 3 aromatic carbocycles. The standard InChI is InChI=1S/C19H17N3O6S2/c1-28-16-10-11(6-7-14(16)22-29(2,24)25)21-30(26,27)17-9-8-15-18-12(17)4-3-5-13(18)19(23)20-15/h3-10,21-22H,1-2H3,(H,20,23). The van der Waals surface area contributed by atoms with E-state index in [-0.39, 0.29) is 27.9 Å². The van der Waals surface area contributed by atoms with Crippen molar-refractivity contribution in [1.82, 2.24) is 0 Å². The topological polar surface area (TPSA) is 131 Å². The molecule has 0 spiro atoms. The number of hydrogen-bond donors (Lipinski definition) is 3. The van der Waals surface area contributed by atoms with E-state index in [2.05, 4.69) is 14.8 Å². The lowest BCUT2D eigenvalue weighted by Gasteiger charge is -2.14. The molecule has 0 saturated heterocycles. The first kappa shape index (κ1) is 20.0. The molecule has 30 heavy (non-hydrogen) atoms. The van der Waals surface area contributed by atoms with E-state index in [9.17, 15) is 21.6 Å². The maximum Gasteiger partial charge on any atom is 0.262 e. The number of methoxy groups -OCH3 is 1. The summed E-state index contributed by atoms with van der Waals surface area (Å²) in [5.74, 6) is -0.132. The van der Waals surface area contributed by atoms with E-state index >= 15 is 0 Å². The zero-order valence-corrected chi connectivity index (χ0v) is 17.5. The number of rotatable bonds is 6. The van der Waals surface area contributed by atoms with Crippen molar-refractivity contribution in [2.75, 3.05) is 28.1 Å². The summed E-state index contributed by atoms with van der Waals surface area (Å²) >= 11 is 0. The molecule has 3 N–H and O–H groups in total. The Morgan fingerprint density at radius 2 is 1.73 bits per heavy atom. The molecule has 1 aliphatic rings. The number of amides is 1. The van der Waals surface area contributed by atoms with Gasteiger partial charge in [0, 0.05) is 28.1 Å². The van der Waals surface area contributed by atoms with Crippen LogP contribution >= 0.6 is 0 Å². The molecule has 1 amide bonds. The molecule has 0 aliphatic carbocycles. The third-order valence-electron chi connectivity index (χ3n) is 4.53. The minimum atomic E-state index is -4.02. The van der Waals surface area contributed by atoms with Crippen LogP contribution in [0.25, 0.3) is 10.8 Å². The van der Waals surface area contributed by atoms with Crippen LogP contribution in [0.4, 0.5) is 17.1 Å². The Balaban J connectivity index is 1.75. The molecule has 1 heterocycles. The maximum absolute atomic E-state index is 13.1. The molecule has 0 radical (unpaired) electrons. The molecule has 0 unspecified atom stereocenters. The third-order valence-corrected chi connectivity index (χ3v) is 6.56. The van der Waals surface area contributed by atoms with E-state index in [4.69, 9.17) is 4.74 Å². The average molecular weight is 447 g/mol. The van der Waals surface area contributed by atoms with Crippen molar-refractivity contribution >= 4 is 53.8 Å². The predicted molar refractivity (Wildman–Crippen MR) is 114 cm³/mol. The lowest BCUT2D eigenvalue weighted by Crippen LogP contribution is -2.14. The number of benzene rings is 3. The highest BCUT2D eigenvalue weighted by Gasteiger charge is 2.26. The molecule has 1 aliphatic heterocycles. The maximum atomic E-state index is 13.1. The Kier molecular flexibility index (Phi) is 4.59. The van der Waals surface area contributed by atoms with Crippen LogP contribution in [0.15, 0.2) is 53.4 Å². The summed E-state index contributed by atoms with van der Waals surface area (Å²) < 4.78 is 59.0. The highest BCUT2D eigenvalue weighted by Crippen LogP contribution is 2.37. The molecule has 4 rings (SSSR count). The Labute approximate surface area is 173 Å². The van der Waals surface area contributed by atoms with Gasteiger partial charge in [0.2, 0.25) is 10.0 Å². The Bertz CT molecular complexity index is 1420. The first-order chi connectivity index (χ1) is 14.1. The molecular weight excluding hydrogens is 430 g/mol. The smallest absolute Gasteiger partial charge is 0.262 e. The van der Waals surface area contributed by atoms with Gasteiger partial charge in [0.1, 0.15) is 5.75 Å². The summed E-state index contributed by atoms with van der Waals surface area (Å²) in [5.41, 5.74) is 1.33. The molecular formula is C19H17N3O6S2. The van der Waals surface area contributed by atoms with E-state index < -0.39 is 20.0 Å². The van der Waals surface area contributed by atoms with Crippen molar-refractivity contribution < 1.29 is 26.4 Å². The summed E-state index contributed by atoms with van der Waals surface area (Å²) in [6.07, 6.45) is 0.998. The second-order valence-electron chi connectivity index (χ2n) is 6.69. The summed E-state index contributed by atoms with van der Waals surface area (Å²) in [6, 6.07) is 12.0. The molecule has 0 bridgehead atoms. The number of hydrogen-bond acceptors (Lipinski definition) is 6. The van der Waals surface area contributed by atoms with E-state index in [0.29, 0.717) is 22.0 Å². The van der Waals surface area contributed by atoms with Gasteiger partial charge in [-0.15, -0.1) is 0 Å². The minimum absolute atomic E-state index is 0.0110. The summed E-state index contributed by atoms with van der Waals surface area (Å²) in [5, 5.41) is 3.68. The van der Waals surface area contributed by atoms with Crippen LogP contribution in [0.2, 0.25) is 0 Å². The summed E-state index contributed by atoms with van der Waals surface area (Å²) in [4.78, 5) is 12.1. The van der Waals surface area contributed by atoms with Gasteiger partial charge < -0.3 is 10.1 Å². The van der Waals surface area contributed by atoms with Crippen molar-refractivity contribution in [2.45, 2.75) is 4.90 Å². The highest BCUT2D eigenvalue weighted by molar-refractivity contribution is 7.93. The van der Waals surface area contributed by atoms with Gasteiger partial charge >= 0.3 is 0 Å². The van der Waals surface area contributed by atoms with Crippen molar-refractivity contribution in [2.24, 2.45) is 0 Å². The van der Waals surface area contributed by atoms with Crippen LogP contribution < -0.4 is 19.5 Å². The number of anilines is 3. The second-order valence-corrected chi connectivity index (χ2v) is 10.1. The van der Waals surface area contributed by atoms with Gasteiger partial charge in [0.25, 0.3) is 15.9 Å². The number of ether oxygens (including phenoxy) is 1. The van der Waals surface area contributed by atoms with Crippen molar-refractivity contribution in [3.63, 3.8) is 0 Å². The second kappa shape index (κ2) is 6.89. The number of sulfonamides is 2. The van der Waals surface area contributed by atoms with Gasteiger partial charge in [-0.05, 0) is 30.3 Å². The van der Waals surface area contributed by atoms with Gasteiger partial charge in [-0.2, -0.15) is 0 Å². The fourth-order valence-electron chi connectivity index (χ4n) is 3.35. The lowest BCUT2D eigenvalue weighted by molar-refractivity contribution is 0.103. The molecule has 9 nitrogen and oxygen atoms in total. The quantitative estimate of drug-likeness (QED) is 0.532. The van der Waals surface area contributed by atoms with E-state index in [0.717, 1.165) is 6.26 Å². The normalized spacial score (nSPS) is 13.2. The molecule has 0 aromatic heterocycles. The number of nitrogens with one attached hydrogen (secondary N) is 3. The molecule has 0 atom stereocenters. The van der Waals surface area contributed by atoms with Crippen molar-refractivity contribution in [1.29, 1.82) is 0 Å². The van der Waals surface area contributed by atoms with Crippen LogP contribution in [0.1, 0.15) is 10.4 Å². The largest absolute Gasteiger partial charge is 0.494 e. The predicted octanol–water partition coefficient (Wildman–Crippen LogP) is 2.59. The SMILES string of the molecule is COc1cc(NS(=O)(=O)c2ccc3c4c(cccc24)C(=O)N3)ccc1NS(C)(=O)=O. The molecule has 156 valence electrons.